The van der Waals surface area contributed by atoms with Crippen molar-refractivity contribution in [1.29, 1.82) is 0 Å². The summed E-state index contributed by atoms with van der Waals surface area (Å²) in [4.78, 5) is 0. The molecule has 0 aromatic heterocycles. The fourth-order valence-corrected chi connectivity index (χ4v) is 0. The minimum Gasteiger partial charge on any atom is -0.103 e. The van der Waals surface area contributed by atoms with Gasteiger partial charge in [-0.2, -0.15) is 0 Å². The van der Waals surface area contributed by atoms with Gasteiger partial charge in [-0.15, -0.1) is 6.58 Å². The van der Waals surface area contributed by atoms with E-state index in [1.54, 1.807) is 6.08 Å². The Kier molecular flexibility index (Phi) is 24.8. The first-order valence-electron chi connectivity index (χ1n) is 4.28. The molecular formula is C11H24. The first kappa shape index (κ1) is 16.8. The van der Waals surface area contributed by atoms with Crippen molar-refractivity contribution in [3.05, 3.63) is 24.8 Å². The van der Waals surface area contributed by atoms with E-state index >= 15 is 0 Å². The molecule has 0 atom stereocenters. The van der Waals surface area contributed by atoms with E-state index in [1.807, 2.05) is 27.7 Å². The quantitative estimate of drug-likeness (QED) is 0.492. The van der Waals surface area contributed by atoms with Gasteiger partial charge in [-0.1, -0.05) is 45.9 Å². The fraction of sp³-hybridized carbons (Fsp3) is 0.636. The van der Waals surface area contributed by atoms with Crippen LogP contribution in [0.2, 0.25) is 0 Å². The summed E-state index contributed by atoms with van der Waals surface area (Å²) >= 11 is 0. The third kappa shape index (κ3) is 43.8. The average molecular weight is 156 g/mol. The lowest BCUT2D eigenvalue weighted by Gasteiger charge is -1.97. The third-order valence-electron chi connectivity index (χ3n) is 0.986. The summed E-state index contributed by atoms with van der Waals surface area (Å²) in [6.07, 6.45) is 1.75. The van der Waals surface area contributed by atoms with Gasteiger partial charge < -0.3 is 0 Å². The van der Waals surface area contributed by atoms with Gasteiger partial charge in [0.25, 0.3) is 0 Å². The highest BCUT2D eigenvalue weighted by molar-refractivity contribution is 4.90. The molecule has 0 aromatic rings. The molecule has 0 spiro atoms. The molecule has 0 aliphatic heterocycles. The Balaban J connectivity index is -0.000000109. The molecule has 0 heteroatoms. The van der Waals surface area contributed by atoms with E-state index < -0.39 is 0 Å². The van der Waals surface area contributed by atoms with Crippen LogP contribution in [0.1, 0.15) is 41.5 Å². The Bertz CT molecular complexity index is 78.0. The maximum atomic E-state index is 3.75. The second-order valence-corrected chi connectivity index (χ2v) is 2.41. The van der Waals surface area contributed by atoms with Crippen LogP contribution in [0.15, 0.2) is 24.8 Å². The van der Waals surface area contributed by atoms with Gasteiger partial charge in [0, 0.05) is 0 Å². The zero-order valence-corrected chi connectivity index (χ0v) is 9.07. The van der Waals surface area contributed by atoms with Gasteiger partial charge in [0.2, 0.25) is 0 Å². The molecule has 0 N–H and O–H groups in total. The smallest absolute Gasteiger partial charge is 0.0266 e. The lowest BCUT2D eigenvalue weighted by atomic mass is 10.1. The Morgan fingerprint density at radius 2 is 1.36 bits per heavy atom. The molecule has 0 aliphatic rings. The minimum atomic E-state index is 0.657. The van der Waals surface area contributed by atoms with Crippen molar-refractivity contribution in [3.63, 3.8) is 0 Å². The molecule has 0 bridgehead atoms. The zero-order valence-electron chi connectivity index (χ0n) is 9.07. The Morgan fingerprint density at radius 1 is 1.27 bits per heavy atom. The molecule has 0 unspecified atom stereocenters. The van der Waals surface area contributed by atoms with E-state index in [1.165, 1.54) is 5.57 Å². The third-order valence-corrected chi connectivity index (χ3v) is 0.986. The lowest BCUT2D eigenvalue weighted by Crippen LogP contribution is -1.83. The highest BCUT2D eigenvalue weighted by Crippen LogP contribution is 2.02. The van der Waals surface area contributed by atoms with Crippen molar-refractivity contribution in [3.8, 4) is 0 Å². The van der Waals surface area contributed by atoms with Crippen molar-refractivity contribution in [1.82, 2.24) is 0 Å². The Morgan fingerprint density at radius 3 is 1.36 bits per heavy atom. The predicted molar refractivity (Wildman–Crippen MR) is 56.9 cm³/mol. The maximum absolute atomic E-state index is 3.75. The largest absolute Gasteiger partial charge is 0.103 e. The molecule has 68 valence electrons. The molecule has 0 saturated heterocycles. The summed E-state index contributed by atoms with van der Waals surface area (Å²) < 4.78 is 0. The lowest BCUT2D eigenvalue weighted by molar-refractivity contribution is 0.773. The molecule has 0 amide bonds. The zero-order chi connectivity index (χ0) is 9.86. The van der Waals surface area contributed by atoms with E-state index in [0.717, 1.165) is 0 Å². The van der Waals surface area contributed by atoms with E-state index in [2.05, 4.69) is 27.0 Å². The van der Waals surface area contributed by atoms with E-state index in [0.29, 0.717) is 5.92 Å². The first-order chi connectivity index (χ1) is 5.06. The van der Waals surface area contributed by atoms with Crippen LogP contribution in [0.4, 0.5) is 0 Å². The molecule has 0 aliphatic carbocycles. The molecule has 0 rings (SSSR count). The molecule has 0 aromatic carbocycles. The Labute approximate surface area is 73.0 Å². The van der Waals surface area contributed by atoms with E-state index in [-0.39, 0.29) is 0 Å². The van der Waals surface area contributed by atoms with Crippen LogP contribution in [-0.4, -0.2) is 0 Å². The van der Waals surface area contributed by atoms with Gasteiger partial charge in [-0.25, -0.2) is 0 Å². The normalized spacial score (nSPS) is 6.82. The summed E-state index contributed by atoms with van der Waals surface area (Å²) in [5.74, 6) is 0.657. The van der Waals surface area contributed by atoms with Crippen molar-refractivity contribution in [2.24, 2.45) is 5.92 Å². The predicted octanol–water partition coefficient (Wildman–Crippen LogP) is 4.44. The number of hydrogen-bond donors (Lipinski definition) is 0. The SMILES string of the molecule is C=C(C)C(C)C.C=CC.CC. The second kappa shape index (κ2) is 16.2. The summed E-state index contributed by atoms with van der Waals surface area (Å²) in [7, 11) is 0. The topological polar surface area (TPSA) is 0 Å². The van der Waals surface area contributed by atoms with Crippen molar-refractivity contribution in [2.75, 3.05) is 0 Å². The molecule has 0 nitrogen and oxygen atoms in total. The van der Waals surface area contributed by atoms with Gasteiger partial charge >= 0.3 is 0 Å². The summed E-state index contributed by atoms with van der Waals surface area (Å²) in [5.41, 5.74) is 1.26. The number of allylic oxidation sites excluding steroid dienone is 2. The van der Waals surface area contributed by atoms with Crippen LogP contribution < -0.4 is 0 Å². The standard InChI is InChI=1S/C6H12.C3H6.C2H6/c1-5(2)6(3)4;1-3-2;1-2/h6H,1H2,2-4H3;3H,1H2,2H3;1-2H3. The average Bonchev–Trinajstić information content (AvgIpc) is 1.93. The molecule has 11 heavy (non-hydrogen) atoms. The van der Waals surface area contributed by atoms with E-state index in [9.17, 15) is 0 Å². The van der Waals surface area contributed by atoms with Crippen LogP contribution >= 0.6 is 0 Å². The summed E-state index contributed by atoms with van der Waals surface area (Å²) in [6.45, 7) is 19.3. The number of hydrogen-bond acceptors (Lipinski definition) is 0. The second-order valence-electron chi connectivity index (χ2n) is 2.41. The van der Waals surface area contributed by atoms with Crippen LogP contribution in [-0.2, 0) is 0 Å². The fourth-order valence-electron chi connectivity index (χ4n) is 0. The monoisotopic (exact) mass is 156 g/mol. The van der Waals surface area contributed by atoms with Crippen LogP contribution in [0, 0.1) is 5.92 Å². The molecule has 0 saturated carbocycles. The van der Waals surface area contributed by atoms with Crippen molar-refractivity contribution in [2.45, 2.75) is 41.5 Å². The van der Waals surface area contributed by atoms with Gasteiger partial charge in [-0.05, 0) is 19.8 Å². The van der Waals surface area contributed by atoms with Gasteiger partial charge in [0.05, 0.1) is 0 Å². The molecule has 0 radical (unpaired) electrons. The number of rotatable bonds is 1. The molecule has 0 fully saturated rings. The highest BCUT2D eigenvalue weighted by Gasteiger charge is 1.87. The summed E-state index contributed by atoms with van der Waals surface area (Å²) in [6, 6.07) is 0. The highest BCUT2D eigenvalue weighted by atomic mass is 13.9. The van der Waals surface area contributed by atoms with E-state index in [4.69, 9.17) is 0 Å². The van der Waals surface area contributed by atoms with Gasteiger partial charge in [-0.3, -0.25) is 0 Å². The summed E-state index contributed by atoms with van der Waals surface area (Å²) in [5, 5.41) is 0. The van der Waals surface area contributed by atoms with Crippen LogP contribution in [0.3, 0.4) is 0 Å². The molecular weight excluding hydrogens is 132 g/mol. The molecule has 0 heterocycles. The van der Waals surface area contributed by atoms with Gasteiger partial charge in [0.1, 0.15) is 0 Å². The van der Waals surface area contributed by atoms with Crippen molar-refractivity contribution >= 4 is 0 Å². The van der Waals surface area contributed by atoms with Crippen LogP contribution in [0.5, 0.6) is 0 Å². The van der Waals surface area contributed by atoms with Crippen LogP contribution in [0.25, 0.3) is 0 Å². The Hall–Kier alpha value is -0.520. The maximum Gasteiger partial charge on any atom is -0.0266 e. The minimum absolute atomic E-state index is 0.657. The van der Waals surface area contributed by atoms with Gasteiger partial charge in [0.15, 0.2) is 0 Å². The van der Waals surface area contributed by atoms with Crippen molar-refractivity contribution < 1.29 is 0 Å². The first-order valence-corrected chi connectivity index (χ1v) is 4.28.